The first kappa shape index (κ1) is 24.0. The van der Waals surface area contributed by atoms with Gasteiger partial charge in [0.1, 0.15) is 17.6 Å². The molecule has 0 aliphatic carbocycles. The van der Waals surface area contributed by atoms with Crippen molar-refractivity contribution in [3.8, 4) is 17.4 Å². The van der Waals surface area contributed by atoms with E-state index in [9.17, 15) is 0 Å². The molecule has 2 heterocycles. The number of fused-ring (bicyclic) bond motifs is 1. The molecule has 0 radical (unpaired) electrons. The smallest absolute Gasteiger partial charge is 0.213 e. The molecule has 30 heavy (non-hydrogen) atoms. The van der Waals surface area contributed by atoms with Gasteiger partial charge in [0.2, 0.25) is 5.88 Å². The minimum absolute atomic E-state index is 0. The highest BCUT2D eigenvalue weighted by Crippen LogP contribution is 2.35. The second-order valence-corrected chi connectivity index (χ2v) is 6.85. The summed E-state index contributed by atoms with van der Waals surface area (Å²) in [6.07, 6.45) is 2.87. The number of ether oxygens (including phenoxy) is 3. The summed E-state index contributed by atoms with van der Waals surface area (Å²) in [7, 11) is 1.75. The zero-order valence-electron chi connectivity index (χ0n) is 18.0. The number of hydrogen-bond donors (Lipinski definition) is 2. The van der Waals surface area contributed by atoms with Gasteiger partial charge < -0.3 is 24.8 Å². The lowest BCUT2D eigenvalue weighted by Crippen LogP contribution is -2.36. The van der Waals surface area contributed by atoms with Gasteiger partial charge in [0, 0.05) is 49.9 Å². The molecule has 1 aliphatic heterocycles. The van der Waals surface area contributed by atoms with Crippen LogP contribution in [-0.4, -0.2) is 37.3 Å². The third kappa shape index (κ3) is 6.38. The number of benzene rings is 1. The Morgan fingerprint density at radius 3 is 2.67 bits per heavy atom. The number of aromatic nitrogens is 1. The molecule has 0 fully saturated rings. The molecular formula is C22H31IN4O3. The quantitative estimate of drug-likeness (QED) is 0.311. The molecule has 1 aliphatic rings. The van der Waals surface area contributed by atoms with Crippen molar-refractivity contribution in [1.29, 1.82) is 0 Å². The summed E-state index contributed by atoms with van der Waals surface area (Å²) in [5, 5.41) is 6.67. The van der Waals surface area contributed by atoms with E-state index in [2.05, 4.69) is 39.7 Å². The molecule has 0 saturated heterocycles. The third-order valence-corrected chi connectivity index (χ3v) is 4.60. The second-order valence-electron chi connectivity index (χ2n) is 6.85. The molecule has 8 heteroatoms. The Hall–Kier alpha value is -2.23. The topological polar surface area (TPSA) is 77.0 Å². The van der Waals surface area contributed by atoms with E-state index < -0.39 is 0 Å². The fourth-order valence-corrected chi connectivity index (χ4v) is 3.28. The average molecular weight is 526 g/mol. The molecule has 1 atom stereocenters. The van der Waals surface area contributed by atoms with Gasteiger partial charge in [-0.1, -0.05) is 0 Å². The summed E-state index contributed by atoms with van der Waals surface area (Å²) in [6.45, 7) is 8.44. The molecule has 0 amide bonds. The van der Waals surface area contributed by atoms with Crippen molar-refractivity contribution in [2.75, 3.05) is 20.3 Å². The number of pyridine rings is 1. The summed E-state index contributed by atoms with van der Waals surface area (Å²) < 4.78 is 17.2. The second kappa shape index (κ2) is 11.8. The van der Waals surface area contributed by atoms with Crippen molar-refractivity contribution in [1.82, 2.24) is 15.6 Å². The lowest BCUT2D eigenvalue weighted by molar-refractivity contribution is 0.254. The van der Waals surface area contributed by atoms with E-state index >= 15 is 0 Å². The lowest BCUT2D eigenvalue weighted by atomic mass is 10.1. The minimum Gasteiger partial charge on any atom is -0.494 e. The van der Waals surface area contributed by atoms with Crippen LogP contribution in [0.4, 0.5) is 0 Å². The standard InChI is InChI=1S/C22H30N4O3.HI/c1-5-27-19-11-17-9-15(3)29-20(17)12-18(19)14-26-22(23-4)25-13-16-7-8-24-21(10-16)28-6-2;/h7-8,10-12,15H,5-6,9,13-14H2,1-4H3,(H2,23,25,26);1H. The predicted molar refractivity (Wildman–Crippen MR) is 129 cm³/mol. The zero-order chi connectivity index (χ0) is 20.6. The van der Waals surface area contributed by atoms with E-state index in [1.807, 2.05) is 26.0 Å². The van der Waals surface area contributed by atoms with Crippen LogP contribution in [0.15, 0.2) is 35.5 Å². The van der Waals surface area contributed by atoms with Gasteiger partial charge in [0.25, 0.3) is 0 Å². The maximum Gasteiger partial charge on any atom is 0.213 e. The molecule has 2 N–H and O–H groups in total. The molecule has 7 nitrogen and oxygen atoms in total. The largest absolute Gasteiger partial charge is 0.494 e. The zero-order valence-corrected chi connectivity index (χ0v) is 20.4. The van der Waals surface area contributed by atoms with Gasteiger partial charge in [-0.15, -0.1) is 24.0 Å². The fourth-order valence-electron chi connectivity index (χ4n) is 3.28. The van der Waals surface area contributed by atoms with Crippen molar-refractivity contribution >= 4 is 29.9 Å². The molecule has 3 rings (SSSR count). The van der Waals surface area contributed by atoms with Crippen molar-refractivity contribution in [2.24, 2.45) is 4.99 Å². The molecule has 1 aromatic heterocycles. The van der Waals surface area contributed by atoms with E-state index in [0.717, 1.165) is 29.0 Å². The summed E-state index contributed by atoms with van der Waals surface area (Å²) in [6, 6.07) is 8.05. The number of hydrogen-bond acceptors (Lipinski definition) is 5. The van der Waals surface area contributed by atoms with Crippen LogP contribution in [0.1, 0.15) is 37.5 Å². The van der Waals surface area contributed by atoms with Crippen LogP contribution >= 0.6 is 24.0 Å². The molecule has 0 saturated carbocycles. The lowest BCUT2D eigenvalue weighted by Gasteiger charge is -2.16. The van der Waals surface area contributed by atoms with Crippen LogP contribution in [0.5, 0.6) is 17.4 Å². The van der Waals surface area contributed by atoms with Crippen molar-refractivity contribution in [3.05, 3.63) is 47.2 Å². The molecule has 1 unspecified atom stereocenters. The number of aliphatic imine (C=N–C) groups is 1. The van der Waals surface area contributed by atoms with E-state index in [-0.39, 0.29) is 30.1 Å². The summed E-state index contributed by atoms with van der Waals surface area (Å²) in [5.74, 6) is 3.17. The number of halogens is 1. The van der Waals surface area contributed by atoms with E-state index in [1.165, 1.54) is 5.56 Å². The fraction of sp³-hybridized carbons (Fsp3) is 0.455. The summed E-state index contributed by atoms with van der Waals surface area (Å²) in [5.41, 5.74) is 3.32. The minimum atomic E-state index is 0. The SMILES string of the molecule is CCOc1cc(CNC(=NC)NCc2cc3c(cc2OCC)CC(C)O3)ccn1.I. The van der Waals surface area contributed by atoms with Crippen LogP contribution < -0.4 is 24.8 Å². The first-order valence-corrected chi connectivity index (χ1v) is 10.1. The first-order chi connectivity index (χ1) is 14.1. The predicted octanol–water partition coefficient (Wildman–Crippen LogP) is 3.69. The van der Waals surface area contributed by atoms with Crippen LogP contribution in [0.25, 0.3) is 0 Å². The Morgan fingerprint density at radius 1 is 1.17 bits per heavy atom. The van der Waals surface area contributed by atoms with E-state index in [1.54, 1.807) is 13.2 Å². The number of nitrogens with one attached hydrogen (secondary N) is 2. The third-order valence-electron chi connectivity index (χ3n) is 4.60. The highest BCUT2D eigenvalue weighted by molar-refractivity contribution is 14.0. The Kier molecular flexibility index (Phi) is 9.48. The Labute approximate surface area is 195 Å². The molecule has 164 valence electrons. The average Bonchev–Trinajstić information content (AvgIpc) is 3.07. The summed E-state index contributed by atoms with van der Waals surface area (Å²) >= 11 is 0. The van der Waals surface area contributed by atoms with Gasteiger partial charge in [0.15, 0.2) is 5.96 Å². The van der Waals surface area contributed by atoms with Gasteiger partial charge in [-0.05, 0) is 44.5 Å². The number of nitrogens with zero attached hydrogens (tertiary/aromatic N) is 2. The Morgan fingerprint density at radius 2 is 1.93 bits per heavy atom. The van der Waals surface area contributed by atoms with E-state index in [0.29, 0.717) is 38.1 Å². The molecule has 0 spiro atoms. The maximum absolute atomic E-state index is 5.90. The highest BCUT2D eigenvalue weighted by Gasteiger charge is 2.21. The van der Waals surface area contributed by atoms with Gasteiger partial charge in [-0.25, -0.2) is 4.98 Å². The molecule has 0 bridgehead atoms. The maximum atomic E-state index is 5.90. The van der Waals surface area contributed by atoms with Crippen molar-refractivity contribution in [2.45, 2.75) is 46.4 Å². The highest BCUT2D eigenvalue weighted by atomic mass is 127. The van der Waals surface area contributed by atoms with Crippen molar-refractivity contribution < 1.29 is 14.2 Å². The number of guanidine groups is 1. The van der Waals surface area contributed by atoms with Gasteiger partial charge >= 0.3 is 0 Å². The van der Waals surface area contributed by atoms with Gasteiger partial charge in [-0.3, -0.25) is 4.99 Å². The Bertz CT molecular complexity index is 860. The molecule has 2 aromatic rings. The van der Waals surface area contributed by atoms with Gasteiger partial charge in [0.05, 0.1) is 13.2 Å². The van der Waals surface area contributed by atoms with Crippen LogP contribution in [0, 0.1) is 0 Å². The normalized spacial score (nSPS) is 14.9. The Balaban J connectivity index is 0.00000320. The molecular weight excluding hydrogens is 495 g/mol. The van der Waals surface area contributed by atoms with Crippen LogP contribution in [-0.2, 0) is 19.5 Å². The number of rotatable bonds is 8. The van der Waals surface area contributed by atoms with Gasteiger partial charge in [-0.2, -0.15) is 0 Å². The van der Waals surface area contributed by atoms with E-state index in [4.69, 9.17) is 14.2 Å². The summed E-state index contributed by atoms with van der Waals surface area (Å²) in [4.78, 5) is 8.50. The van der Waals surface area contributed by atoms with Crippen molar-refractivity contribution in [3.63, 3.8) is 0 Å². The van der Waals surface area contributed by atoms with Crippen LogP contribution in [0.2, 0.25) is 0 Å². The van der Waals surface area contributed by atoms with Crippen LogP contribution in [0.3, 0.4) is 0 Å². The first-order valence-electron chi connectivity index (χ1n) is 10.1. The molecule has 1 aromatic carbocycles. The monoisotopic (exact) mass is 526 g/mol.